The SMILES string of the molecule is N#C/C(=C\c1ccc(Oc2ccc([N+](=O)[O-])cc2[N+](=O)[O-])cc1)C(=O)Nc1cc([N+](=O)[O-])ccc1Cl. The molecule has 0 spiro atoms. The Bertz CT molecular complexity index is 1460. The number of nitro groups is 3. The van der Waals surface area contributed by atoms with Gasteiger partial charge in [0.25, 0.3) is 17.3 Å². The number of halogens is 1. The first-order valence-corrected chi connectivity index (χ1v) is 10.0. The lowest BCUT2D eigenvalue weighted by molar-refractivity contribution is -0.394. The molecule has 3 aromatic rings. The summed E-state index contributed by atoms with van der Waals surface area (Å²) in [6, 6.07) is 13.8. The zero-order valence-electron chi connectivity index (χ0n) is 17.8. The Morgan fingerprint density at radius 1 is 0.917 bits per heavy atom. The van der Waals surface area contributed by atoms with Crippen molar-refractivity contribution >= 4 is 46.3 Å². The molecule has 0 aliphatic carbocycles. The third-order valence-electron chi connectivity index (χ3n) is 4.54. The first-order chi connectivity index (χ1) is 17.1. The maximum Gasteiger partial charge on any atom is 0.318 e. The van der Waals surface area contributed by atoms with E-state index >= 15 is 0 Å². The number of rotatable bonds is 8. The number of benzene rings is 3. The van der Waals surface area contributed by atoms with Gasteiger partial charge in [0.15, 0.2) is 0 Å². The average molecular weight is 510 g/mol. The second kappa shape index (κ2) is 10.7. The van der Waals surface area contributed by atoms with E-state index in [-0.39, 0.29) is 33.5 Å². The quantitative estimate of drug-likeness (QED) is 0.179. The van der Waals surface area contributed by atoms with E-state index in [1.54, 1.807) is 6.07 Å². The summed E-state index contributed by atoms with van der Waals surface area (Å²) in [5, 5.41) is 44.8. The molecule has 0 atom stereocenters. The number of carbonyl (C=O) groups is 1. The van der Waals surface area contributed by atoms with Crippen molar-refractivity contribution in [3.8, 4) is 17.6 Å². The Labute approximate surface area is 206 Å². The molecule has 0 heterocycles. The Hall–Kier alpha value is -5.35. The van der Waals surface area contributed by atoms with Crippen LogP contribution in [0, 0.1) is 41.7 Å². The molecule has 0 radical (unpaired) electrons. The zero-order valence-corrected chi connectivity index (χ0v) is 18.5. The highest BCUT2D eigenvalue weighted by Gasteiger charge is 2.21. The number of nitriles is 1. The summed E-state index contributed by atoms with van der Waals surface area (Å²) in [6.07, 6.45) is 1.23. The van der Waals surface area contributed by atoms with Gasteiger partial charge >= 0.3 is 5.69 Å². The number of carbonyl (C=O) groups excluding carboxylic acids is 1. The number of non-ortho nitro benzene ring substituents is 2. The standard InChI is InChI=1S/C22H12ClN5O8/c23-18-7-3-15(26(30)31)10-19(18)25-22(29)14(12-24)9-13-1-5-17(6-2-13)36-21-8-4-16(27(32)33)11-20(21)28(34)35/h1-11H,(H,25,29)/b14-9+. The van der Waals surface area contributed by atoms with Crippen molar-refractivity contribution in [2.45, 2.75) is 0 Å². The van der Waals surface area contributed by atoms with Crippen molar-refractivity contribution in [2.24, 2.45) is 0 Å². The average Bonchev–Trinajstić information content (AvgIpc) is 2.84. The van der Waals surface area contributed by atoms with Gasteiger partial charge in [-0.15, -0.1) is 0 Å². The van der Waals surface area contributed by atoms with Gasteiger partial charge in [-0.1, -0.05) is 23.7 Å². The lowest BCUT2D eigenvalue weighted by Crippen LogP contribution is -2.14. The first kappa shape index (κ1) is 25.3. The smallest absolute Gasteiger partial charge is 0.318 e. The predicted molar refractivity (Wildman–Crippen MR) is 127 cm³/mol. The first-order valence-electron chi connectivity index (χ1n) is 9.67. The van der Waals surface area contributed by atoms with Crippen LogP contribution in [-0.2, 0) is 4.79 Å². The minimum Gasteiger partial charge on any atom is -0.450 e. The summed E-state index contributed by atoms with van der Waals surface area (Å²) in [5.41, 5.74) is -1.37. The molecule has 14 heteroatoms. The van der Waals surface area contributed by atoms with E-state index in [4.69, 9.17) is 16.3 Å². The molecule has 1 amide bonds. The highest BCUT2D eigenvalue weighted by atomic mass is 35.5. The number of hydrogen-bond donors (Lipinski definition) is 1. The maximum atomic E-state index is 12.5. The minimum absolute atomic E-state index is 0.0353. The highest BCUT2D eigenvalue weighted by Crippen LogP contribution is 2.34. The molecular weight excluding hydrogens is 498 g/mol. The lowest BCUT2D eigenvalue weighted by Gasteiger charge is -2.08. The minimum atomic E-state index is -0.860. The van der Waals surface area contributed by atoms with E-state index in [9.17, 15) is 40.4 Å². The van der Waals surface area contributed by atoms with Gasteiger partial charge < -0.3 is 10.1 Å². The van der Waals surface area contributed by atoms with E-state index in [1.165, 1.54) is 36.4 Å². The third kappa shape index (κ3) is 5.95. The van der Waals surface area contributed by atoms with Crippen LogP contribution in [-0.4, -0.2) is 20.7 Å². The number of nitrogens with zero attached hydrogens (tertiary/aromatic N) is 4. The van der Waals surface area contributed by atoms with Crippen molar-refractivity contribution in [1.82, 2.24) is 0 Å². The number of nitro benzene ring substituents is 3. The Morgan fingerprint density at radius 2 is 1.53 bits per heavy atom. The molecular formula is C22H12ClN5O8. The molecule has 0 saturated heterocycles. The number of anilines is 1. The predicted octanol–water partition coefficient (Wildman–Crippen LogP) is 5.40. The van der Waals surface area contributed by atoms with Gasteiger partial charge in [0.2, 0.25) is 5.75 Å². The van der Waals surface area contributed by atoms with Crippen LogP contribution in [0.1, 0.15) is 5.56 Å². The van der Waals surface area contributed by atoms with E-state index in [2.05, 4.69) is 5.32 Å². The molecule has 1 N–H and O–H groups in total. The largest absolute Gasteiger partial charge is 0.450 e. The fraction of sp³-hybridized carbons (Fsp3) is 0. The molecule has 0 aliphatic rings. The molecule has 0 aliphatic heterocycles. The molecule has 0 bridgehead atoms. The zero-order chi connectivity index (χ0) is 26.4. The number of hydrogen-bond acceptors (Lipinski definition) is 9. The Balaban J connectivity index is 1.79. The van der Waals surface area contributed by atoms with Gasteiger partial charge in [-0.25, -0.2) is 0 Å². The van der Waals surface area contributed by atoms with Crippen LogP contribution in [0.2, 0.25) is 5.02 Å². The van der Waals surface area contributed by atoms with Gasteiger partial charge in [-0.2, -0.15) is 5.26 Å². The van der Waals surface area contributed by atoms with Crippen LogP contribution < -0.4 is 10.1 Å². The van der Waals surface area contributed by atoms with Gasteiger partial charge in [-0.05, 0) is 35.9 Å². The molecule has 3 aromatic carbocycles. The number of amides is 1. The maximum absolute atomic E-state index is 12.5. The van der Waals surface area contributed by atoms with E-state index < -0.39 is 32.1 Å². The van der Waals surface area contributed by atoms with Crippen LogP contribution in [0.5, 0.6) is 11.5 Å². The van der Waals surface area contributed by atoms with E-state index in [0.717, 1.165) is 30.3 Å². The van der Waals surface area contributed by atoms with E-state index in [0.29, 0.717) is 5.56 Å². The topological polar surface area (TPSA) is 192 Å². The summed E-state index contributed by atoms with van der Waals surface area (Å²) in [6.45, 7) is 0. The number of nitrogens with one attached hydrogen (secondary N) is 1. The lowest BCUT2D eigenvalue weighted by atomic mass is 10.1. The van der Waals surface area contributed by atoms with Crippen LogP contribution in [0.3, 0.4) is 0 Å². The third-order valence-corrected chi connectivity index (χ3v) is 4.87. The van der Waals surface area contributed by atoms with E-state index in [1.807, 2.05) is 0 Å². The molecule has 0 unspecified atom stereocenters. The second-order valence-corrected chi connectivity index (χ2v) is 7.29. The summed E-state index contributed by atoms with van der Waals surface area (Å²) in [7, 11) is 0. The van der Waals surface area contributed by atoms with Gasteiger partial charge in [0.1, 0.15) is 17.4 Å². The fourth-order valence-electron chi connectivity index (χ4n) is 2.83. The van der Waals surface area contributed by atoms with Crippen molar-refractivity contribution in [3.05, 3.63) is 107 Å². The molecule has 180 valence electrons. The molecule has 36 heavy (non-hydrogen) atoms. The number of ether oxygens (including phenoxy) is 1. The van der Waals surface area contributed by atoms with Crippen LogP contribution in [0.25, 0.3) is 6.08 Å². The summed E-state index contributed by atoms with van der Waals surface area (Å²) in [4.78, 5) is 43.3. The van der Waals surface area contributed by atoms with Crippen molar-refractivity contribution < 1.29 is 24.3 Å². The van der Waals surface area contributed by atoms with Crippen LogP contribution >= 0.6 is 11.6 Å². The summed E-state index contributed by atoms with van der Waals surface area (Å²) in [5.74, 6) is -0.933. The normalized spacial score (nSPS) is 10.7. The van der Waals surface area contributed by atoms with Gasteiger partial charge in [-0.3, -0.25) is 35.1 Å². The highest BCUT2D eigenvalue weighted by molar-refractivity contribution is 6.34. The molecule has 0 aromatic heterocycles. The van der Waals surface area contributed by atoms with Gasteiger partial charge in [0.05, 0.1) is 31.5 Å². The molecule has 3 rings (SSSR count). The molecule has 13 nitrogen and oxygen atoms in total. The summed E-state index contributed by atoms with van der Waals surface area (Å²) >= 11 is 5.96. The summed E-state index contributed by atoms with van der Waals surface area (Å²) < 4.78 is 5.46. The van der Waals surface area contributed by atoms with Crippen LogP contribution in [0.15, 0.2) is 66.2 Å². The monoisotopic (exact) mass is 509 g/mol. The van der Waals surface area contributed by atoms with Crippen molar-refractivity contribution in [1.29, 1.82) is 5.26 Å². The fourth-order valence-corrected chi connectivity index (χ4v) is 3.00. The Morgan fingerprint density at radius 3 is 2.11 bits per heavy atom. The van der Waals surface area contributed by atoms with Crippen molar-refractivity contribution in [2.75, 3.05) is 5.32 Å². The molecule has 0 saturated carbocycles. The molecule has 0 fully saturated rings. The van der Waals surface area contributed by atoms with Crippen molar-refractivity contribution in [3.63, 3.8) is 0 Å². The van der Waals surface area contributed by atoms with Crippen LogP contribution in [0.4, 0.5) is 22.7 Å². The second-order valence-electron chi connectivity index (χ2n) is 6.88. The Kier molecular flexibility index (Phi) is 7.53. The van der Waals surface area contributed by atoms with Gasteiger partial charge in [0, 0.05) is 18.2 Å².